The molecule has 1 aliphatic heterocycles. The number of aromatic nitrogens is 1. The lowest BCUT2D eigenvalue weighted by Crippen LogP contribution is -2.41. The molecule has 0 N–H and O–H groups in total. The summed E-state index contributed by atoms with van der Waals surface area (Å²) in [5.74, 6) is 0. The van der Waals surface area contributed by atoms with Gasteiger partial charge in [-0.25, -0.2) is 0 Å². The number of allylic oxidation sites excluding steroid dienone is 2. The van der Waals surface area contributed by atoms with Crippen LogP contribution in [0, 0.1) is 0 Å². The van der Waals surface area contributed by atoms with Crippen LogP contribution in [-0.2, 0) is 9.31 Å². The van der Waals surface area contributed by atoms with Crippen molar-refractivity contribution in [1.82, 2.24) is 4.98 Å². The predicted octanol–water partition coefficient (Wildman–Crippen LogP) is 3.34. The highest BCUT2D eigenvalue weighted by Gasteiger charge is 2.52. The average molecular weight is 285 g/mol. The Morgan fingerprint density at radius 1 is 1.05 bits per heavy atom. The van der Waals surface area contributed by atoms with Gasteiger partial charge in [0.2, 0.25) is 0 Å². The van der Waals surface area contributed by atoms with E-state index in [2.05, 4.69) is 44.8 Å². The summed E-state index contributed by atoms with van der Waals surface area (Å²) in [4.78, 5) is 4.58. The molecule has 112 valence electrons. The van der Waals surface area contributed by atoms with Crippen LogP contribution in [0.1, 0.15) is 58.9 Å². The number of pyridine rings is 1. The SMILES string of the molecule is CC1(C)OB(c2ccc(C3=CCCCC3)cn2)OC1(C)C. The maximum absolute atomic E-state index is 6.04. The minimum absolute atomic E-state index is 0.316. The molecule has 0 bridgehead atoms. The molecule has 3 rings (SSSR count). The van der Waals surface area contributed by atoms with E-state index in [1.165, 1.54) is 30.4 Å². The van der Waals surface area contributed by atoms with Gasteiger partial charge in [-0.2, -0.15) is 0 Å². The smallest absolute Gasteiger partial charge is 0.398 e. The minimum atomic E-state index is -0.371. The first-order chi connectivity index (χ1) is 9.89. The number of hydrogen-bond acceptors (Lipinski definition) is 3. The van der Waals surface area contributed by atoms with E-state index in [0.29, 0.717) is 0 Å². The summed E-state index contributed by atoms with van der Waals surface area (Å²) >= 11 is 0. The van der Waals surface area contributed by atoms with Gasteiger partial charge in [-0.05, 0) is 70.6 Å². The molecule has 2 heterocycles. The largest absolute Gasteiger partial charge is 0.514 e. The van der Waals surface area contributed by atoms with Crippen molar-refractivity contribution in [2.75, 3.05) is 0 Å². The third kappa shape index (κ3) is 2.79. The summed E-state index contributed by atoms with van der Waals surface area (Å²) in [5, 5.41) is 0. The van der Waals surface area contributed by atoms with E-state index in [-0.39, 0.29) is 18.3 Å². The zero-order valence-corrected chi connectivity index (χ0v) is 13.5. The maximum Gasteiger partial charge on any atom is 0.514 e. The average Bonchev–Trinajstić information content (AvgIpc) is 2.69. The summed E-state index contributed by atoms with van der Waals surface area (Å²) in [5.41, 5.74) is 2.88. The third-order valence-corrected chi connectivity index (χ3v) is 4.94. The van der Waals surface area contributed by atoms with Crippen molar-refractivity contribution in [3.63, 3.8) is 0 Å². The van der Waals surface area contributed by atoms with Crippen LogP contribution in [0.5, 0.6) is 0 Å². The zero-order valence-electron chi connectivity index (χ0n) is 13.5. The minimum Gasteiger partial charge on any atom is -0.398 e. The first kappa shape index (κ1) is 14.8. The van der Waals surface area contributed by atoms with Crippen LogP contribution in [-0.4, -0.2) is 23.3 Å². The lowest BCUT2D eigenvalue weighted by Gasteiger charge is -2.32. The lowest BCUT2D eigenvalue weighted by molar-refractivity contribution is 0.00578. The molecule has 0 atom stereocenters. The van der Waals surface area contributed by atoms with E-state index in [4.69, 9.17) is 9.31 Å². The Labute approximate surface area is 127 Å². The monoisotopic (exact) mass is 285 g/mol. The Morgan fingerprint density at radius 2 is 1.76 bits per heavy atom. The van der Waals surface area contributed by atoms with Crippen molar-refractivity contribution >= 4 is 18.3 Å². The van der Waals surface area contributed by atoms with Gasteiger partial charge in [0, 0.05) is 6.20 Å². The Morgan fingerprint density at radius 3 is 2.29 bits per heavy atom. The van der Waals surface area contributed by atoms with Crippen LogP contribution in [0.25, 0.3) is 5.57 Å². The van der Waals surface area contributed by atoms with Gasteiger partial charge < -0.3 is 9.31 Å². The molecule has 2 aliphatic rings. The van der Waals surface area contributed by atoms with Crippen LogP contribution >= 0.6 is 0 Å². The van der Waals surface area contributed by atoms with E-state index >= 15 is 0 Å². The highest BCUT2D eigenvalue weighted by atomic mass is 16.7. The molecular weight excluding hydrogens is 261 g/mol. The number of rotatable bonds is 2. The standard InChI is InChI=1S/C17H24BNO2/c1-16(2)17(3,4)21-18(20-16)15-11-10-14(12-19-15)13-8-6-5-7-9-13/h8,10-12H,5-7,9H2,1-4H3. The van der Waals surface area contributed by atoms with Crippen molar-refractivity contribution in [2.24, 2.45) is 0 Å². The van der Waals surface area contributed by atoms with Crippen molar-refractivity contribution in [3.05, 3.63) is 30.0 Å². The summed E-state index contributed by atoms with van der Waals surface area (Å²) in [6.45, 7) is 8.25. The van der Waals surface area contributed by atoms with Crippen molar-refractivity contribution in [3.8, 4) is 0 Å². The Kier molecular flexibility index (Phi) is 3.70. The van der Waals surface area contributed by atoms with Crippen LogP contribution in [0.15, 0.2) is 24.4 Å². The van der Waals surface area contributed by atoms with E-state index in [1.807, 2.05) is 12.3 Å². The van der Waals surface area contributed by atoms with Crippen LogP contribution in [0.4, 0.5) is 0 Å². The molecule has 3 nitrogen and oxygen atoms in total. The summed E-state index contributed by atoms with van der Waals surface area (Å²) in [6, 6.07) is 4.18. The molecule has 1 aromatic rings. The quantitative estimate of drug-likeness (QED) is 0.781. The third-order valence-electron chi connectivity index (χ3n) is 4.94. The Bertz CT molecular complexity index is 532. The highest BCUT2D eigenvalue weighted by molar-refractivity contribution is 6.61. The lowest BCUT2D eigenvalue weighted by atomic mass is 9.83. The predicted molar refractivity (Wildman–Crippen MR) is 86.4 cm³/mol. The Balaban J connectivity index is 1.78. The molecule has 0 amide bonds. The van der Waals surface area contributed by atoms with E-state index < -0.39 is 0 Å². The Hall–Kier alpha value is -1.13. The molecule has 1 aliphatic carbocycles. The second kappa shape index (κ2) is 5.26. The maximum atomic E-state index is 6.04. The van der Waals surface area contributed by atoms with Crippen LogP contribution in [0.2, 0.25) is 0 Å². The second-order valence-electron chi connectivity index (χ2n) is 7.04. The van der Waals surface area contributed by atoms with Gasteiger partial charge in [0.1, 0.15) is 0 Å². The number of nitrogens with zero attached hydrogens (tertiary/aromatic N) is 1. The first-order valence-electron chi connectivity index (χ1n) is 7.90. The van der Waals surface area contributed by atoms with Crippen molar-refractivity contribution in [1.29, 1.82) is 0 Å². The summed E-state index contributed by atoms with van der Waals surface area (Å²) in [7, 11) is -0.371. The first-order valence-corrected chi connectivity index (χ1v) is 7.90. The summed E-state index contributed by atoms with van der Waals surface area (Å²) < 4.78 is 12.1. The van der Waals surface area contributed by atoms with Crippen molar-refractivity contribution in [2.45, 2.75) is 64.6 Å². The van der Waals surface area contributed by atoms with Crippen molar-refractivity contribution < 1.29 is 9.31 Å². The molecule has 1 saturated heterocycles. The molecule has 0 aromatic carbocycles. The molecule has 0 spiro atoms. The molecule has 1 fully saturated rings. The second-order valence-corrected chi connectivity index (χ2v) is 7.04. The van der Waals surface area contributed by atoms with Gasteiger partial charge >= 0.3 is 7.12 Å². The highest BCUT2D eigenvalue weighted by Crippen LogP contribution is 2.36. The molecule has 21 heavy (non-hydrogen) atoms. The van der Waals surface area contributed by atoms with Crippen LogP contribution < -0.4 is 5.59 Å². The van der Waals surface area contributed by atoms with E-state index in [1.54, 1.807) is 0 Å². The fraction of sp³-hybridized carbons (Fsp3) is 0.588. The summed E-state index contributed by atoms with van der Waals surface area (Å²) in [6.07, 6.45) is 9.24. The fourth-order valence-electron chi connectivity index (χ4n) is 2.80. The van der Waals surface area contributed by atoms with E-state index in [9.17, 15) is 0 Å². The topological polar surface area (TPSA) is 31.4 Å². The van der Waals surface area contributed by atoms with Gasteiger partial charge in [-0.15, -0.1) is 0 Å². The fourth-order valence-corrected chi connectivity index (χ4v) is 2.80. The van der Waals surface area contributed by atoms with Crippen LogP contribution in [0.3, 0.4) is 0 Å². The molecule has 0 unspecified atom stereocenters. The molecule has 0 saturated carbocycles. The molecule has 0 radical (unpaired) electrons. The van der Waals surface area contributed by atoms with Gasteiger partial charge in [0.05, 0.1) is 16.8 Å². The number of hydrogen-bond donors (Lipinski definition) is 0. The zero-order chi connectivity index (χ0) is 15.1. The van der Waals surface area contributed by atoms with Gasteiger partial charge in [0.15, 0.2) is 0 Å². The molecule has 1 aromatic heterocycles. The van der Waals surface area contributed by atoms with Gasteiger partial charge in [0.25, 0.3) is 0 Å². The van der Waals surface area contributed by atoms with Gasteiger partial charge in [-0.3, -0.25) is 4.98 Å². The molecule has 4 heteroatoms. The normalized spacial score (nSPS) is 24.0. The van der Waals surface area contributed by atoms with Gasteiger partial charge in [-0.1, -0.05) is 12.1 Å². The molecular formula is C17H24BNO2. The van der Waals surface area contributed by atoms with E-state index in [0.717, 1.165) is 12.0 Å².